The van der Waals surface area contributed by atoms with Crippen LogP contribution < -0.4 is 5.32 Å². The molecule has 1 fully saturated rings. The van der Waals surface area contributed by atoms with Gasteiger partial charge in [0.1, 0.15) is 0 Å². The maximum absolute atomic E-state index is 12.8. The number of carbonyl (C=O) groups excluding carboxylic acids is 1. The summed E-state index contributed by atoms with van der Waals surface area (Å²) in [7, 11) is 0. The van der Waals surface area contributed by atoms with Crippen LogP contribution in [0.15, 0.2) is 18.2 Å². The van der Waals surface area contributed by atoms with Gasteiger partial charge in [0.2, 0.25) is 0 Å². The van der Waals surface area contributed by atoms with Crippen LogP contribution in [-0.4, -0.2) is 42.0 Å². The number of H-pyrrole nitrogens is 1. The number of rotatable bonds is 2. The number of hydrogen-bond donors (Lipinski definition) is 2. The largest absolute Gasteiger partial charge is 0.358 e. The van der Waals surface area contributed by atoms with Crippen molar-refractivity contribution in [3.63, 3.8) is 0 Å². The lowest BCUT2D eigenvalue weighted by Crippen LogP contribution is -2.46. The summed E-state index contributed by atoms with van der Waals surface area (Å²) in [5.41, 5.74) is 4.21. The molecule has 0 atom stereocenters. The Morgan fingerprint density at radius 3 is 2.75 bits per heavy atom. The topological polar surface area (TPSA) is 48.1 Å². The molecule has 1 saturated heterocycles. The van der Waals surface area contributed by atoms with Crippen LogP contribution in [0.5, 0.6) is 0 Å². The predicted octanol–water partition coefficient (Wildman–Crippen LogP) is 2.08. The smallest absolute Gasteiger partial charge is 0.256 e. The van der Waals surface area contributed by atoms with E-state index >= 15 is 0 Å². The van der Waals surface area contributed by atoms with Gasteiger partial charge in [0.15, 0.2) is 0 Å². The summed E-state index contributed by atoms with van der Waals surface area (Å²) in [6.45, 7) is 7.48. The van der Waals surface area contributed by atoms with E-state index in [9.17, 15) is 4.79 Å². The predicted molar refractivity (Wildman–Crippen MR) is 81.2 cm³/mol. The first-order valence-corrected chi connectivity index (χ1v) is 7.32. The molecule has 2 N–H and O–H groups in total. The van der Waals surface area contributed by atoms with Crippen LogP contribution in [0.4, 0.5) is 0 Å². The van der Waals surface area contributed by atoms with Crippen LogP contribution in [0.3, 0.4) is 0 Å². The van der Waals surface area contributed by atoms with Crippen LogP contribution in [-0.2, 0) is 6.42 Å². The number of piperazine rings is 1. The summed E-state index contributed by atoms with van der Waals surface area (Å²) in [6, 6.07) is 6.22. The number of hydrogen-bond acceptors (Lipinski definition) is 2. The number of aromatic amines is 1. The zero-order valence-corrected chi connectivity index (χ0v) is 12.1. The number of benzene rings is 1. The molecule has 1 aliphatic rings. The van der Waals surface area contributed by atoms with E-state index in [2.05, 4.69) is 23.3 Å². The fraction of sp³-hybridized carbons (Fsp3) is 0.438. The second-order valence-corrected chi connectivity index (χ2v) is 5.36. The van der Waals surface area contributed by atoms with Gasteiger partial charge in [-0.3, -0.25) is 4.79 Å². The van der Waals surface area contributed by atoms with Crippen molar-refractivity contribution in [2.75, 3.05) is 26.2 Å². The van der Waals surface area contributed by atoms with Crippen molar-refractivity contribution >= 4 is 16.8 Å². The first-order valence-electron chi connectivity index (χ1n) is 7.32. The van der Waals surface area contributed by atoms with Gasteiger partial charge >= 0.3 is 0 Å². The number of carbonyl (C=O) groups is 1. The normalized spacial score (nSPS) is 15.8. The lowest BCUT2D eigenvalue weighted by Gasteiger charge is -2.27. The standard InChI is InChI=1S/C16H21N3O/c1-3-12-5-4-6-13-14(11(2)18-15(12)13)16(20)19-9-7-17-8-10-19/h4-6,17-18H,3,7-10H2,1-2H3. The van der Waals surface area contributed by atoms with Gasteiger partial charge in [0.25, 0.3) is 5.91 Å². The zero-order chi connectivity index (χ0) is 14.1. The van der Waals surface area contributed by atoms with E-state index in [1.54, 1.807) is 0 Å². The molecule has 20 heavy (non-hydrogen) atoms. The minimum atomic E-state index is 0.156. The quantitative estimate of drug-likeness (QED) is 0.878. The Kier molecular flexibility index (Phi) is 3.49. The van der Waals surface area contributed by atoms with E-state index in [4.69, 9.17) is 0 Å². The first-order chi connectivity index (χ1) is 9.72. The maximum atomic E-state index is 12.8. The van der Waals surface area contributed by atoms with Crippen molar-refractivity contribution in [2.24, 2.45) is 0 Å². The molecule has 0 aliphatic carbocycles. The molecule has 2 heterocycles. The molecule has 1 aromatic carbocycles. The second kappa shape index (κ2) is 5.29. The number of fused-ring (bicyclic) bond motifs is 1. The molecule has 1 aliphatic heterocycles. The van der Waals surface area contributed by atoms with Crippen LogP contribution in [0, 0.1) is 6.92 Å². The Hall–Kier alpha value is -1.81. The number of amides is 1. The highest BCUT2D eigenvalue weighted by atomic mass is 16.2. The van der Waals surface area contributed by atoms with Crippen molar-refractivity contribution < 1.29 is 4.79 Å². The van der Waals surface area contributed by atoms with Gasteiger partial charge < -0.3 is 15.2 Å². The van der Waals surface area contributed by atoms with E-state index in [-0.39, 0.29) is 5.91 Å². The summed E-state index contributed by atoms with van der Waals surface area (Å²) >= 11 is 0. The van der Waals surface area contributed by atoms with E-state index in [0.29, 0.717) is 0 Å². The zero-order valence-electron chi connectivity index (χ0n) is 12.1. The molecule has 106 valence electrons. The van der Waals surface area contributed by atoms with E-state index in [1.807, 2.05) is 24.0 Å². The SMILES string of the molecule is CCc1cccc2c(C(=O)N3CCNCC3)c(C)[nH]c12. The number of para-hydroxylation sites is 1. The van der Waals surface area contributed by atoms with Crippen molar-refractivity contribution in [1.82, 2.24) is 15.2 Å². The van der Waals surface area contributed by atoms with Crippen molar-refractivity contribution in [1.29, 1.82) is 0 Å². The first kappa shape index (κ1) is 13.2. The molecule has 1 amide bonds. The minimum absolute atomic E-state index is 0.156. The van der Waals surface area contributed by atoms with Crippen molar-refractivity contribution in [2.45, 2.75) is 20.3 Å². The highest BCUT2D eigenvalue weighted by molar-refractivity contribution is 6.08. The monoisotopic (exact) mass is 271 g/mol. The van der Waals surface area contributed by atoms with Crippen LogP contribution in [0.2, 0.25) is 0 Å². The number of aromatic nitrogens is 1. The summed E-state index contributed by atoms with van der Waals surface area (Å²) < 4.78 is 0. The Balaban J connectivity index is 2.06. The van der Waals surface area contributed by atoms with E-state index in [1.165, 1.54) is 5.56 Å². The minimum Gasteiger partial charge on any atom is -0.358 e. The fourth-order valence-corrected chi connectivity index (χ4v) is 3.00. The lowest BCUT2D eigenvalue weighted by molar-refractivity contribution is 0.0737. The molecule has 4 heteroatoms. The summed E-state index contributed by atoms with van der Waals surface area (Å²) in [4.78, 5) is 18.1. The Morgan fingerprint density at radius 1 is 1.30 bits per heavy atom. The van der Waals surface area contributed by atoms with Gasteiger partial charge in [-0.15, -0.1) is 0 Å². The third kappa shape index (κ3) is 2.10. The maximum Gasteiger partial charge on any atom is 0.256 e. The summed E-state index contributed by atoms with van der Waals surface area (Å²) in [6.07, 6.45) is 0.971. The Morgan fingerprint density at radius 2 is 2.05 bits per heavy atom. The Bertz CT molecular complexity index is 638. The van der Waals surface area contributed by atoms with Gasteiger partial charge in [0, 0.05) is 42.8 Å². The second-order valence-electron chi connectivity index (χ2n) is 5.36. The number of nitrogens with zero attached hydrogens (tertiary/aromatic N) is 1. The van der Waals surface area contributed by atoms with Gasteiger partial charge in [-0.1, -0.05) is 25.1 Å². The third-order valence-electron chi connectivity index (χ3n) is 4.11. The molecule has 1 aromatic heterocycles. The van der Waals surface area contributed by atoms with Crippen LogP contribution >= 0.6 is 0 Å². The molecule has 4 nitrogen and oxygen atoms in total. The molecular weight excluding hydrogens is 250 g/mol. The fourth-order valence-electron chi connectivity index (χ4n) is 3.00. The van der Waals surface area contributed by atoms with Crippen LogP contribution in [0.1, 0.15) is 28.5 Å². The molecule has 0 bridgehead atoms. The number of nitrogens with one attached hydrogen (secondary N) is 2. The summed E-state index contributed by atoms with van der Waals surface area (Å²) in [5, 5.41) is 4.34. The van der Waals surface area contributed by atoms with Crippen molar-refractivity contribution in [3.8, 4) is 0 Å². The molecule has 0 radical (unpaired) electrons. The molecular formula is C16H21N3O. The van der Waals surface area contributed by atoms with Gasteiger partial charge in [-0.2, -0.15) is 0 Å². The highest BCUT2D eigenvalue weighted by Gasteiger charge is 2.23. The molecule has 0 saturated carbocycles. The van der Waals surface area contributed by atoms with Gasteiger partial charge in [0.05, 0.1) is 5.56 Å². The highest BCUT2D eigenvalue weighted by Crippen LogP contribution is 2.26. The average Bonchev–Trinajstić information content (AvgIpc) is 2.83. The number of aryl methyl sites for hydroxylation is 2. The Labute approximate surface area is 119 Å². The van der Waals surface area contributed by atoms with Gasteiger partial charge in [-0.25, -0.2) is 0 Å². The molecule has 3 rings (SSSR count). The van der Waals surface area contributed by atoms with Crippen molar-refractivity contribution in [3.05, 3.63) is 35.0 Å². The van der Waals surface area contributed by atoms with E-state index < -0.39 is 0 Å². The third-order valence-corrected chi connectivity index (χ3v) is 4.11. The lowest BCUT2D eigenvalue weighted by atomic mass is 10.1. The average molecular weight is 271 g/mol. The summed E-state index contributed by atoms with van der Waals surface area (Å²) in [5.74, 6) is 0.156. The molecule has 0 spiro atoms. The van der Waals surface area contributed by atoms with Crippen LogP contribution in [0.25, 0.3) is 10.9 Å². The van der Waals surface area contributed by atoms with E-state index in [0.717, 1.165) is 54.8 Å². The van der Waals surface area contributed by atoms with Gasteiger partial charge in [-0.05, 0) is 18.9 Å². The molecule has 0 unspecified atom stereocenters. The molecule has 2 aromatic rings.